The van der Waals surface area contributed by atoms with Gasteiger partial charge >= 0.3 is 6.18 Å². The average Bonchev–Trinajstić information content (AvgIpc) is 2.99. The van der Waals surface area contributed by atoms with E-state index in [1.807, 2.05) is 24.3 Å². The van der Waals surface area contributed by atoms with Gasteiger partial charge in [0.2, 0.25) is 10.9 Å². The number of alkyl halides is 3. The largest absolute Gasteiger partial charge is 0.453 e. The van der Waals surface area contributed by atoms with Crippen LogP contribution in [0, 0.1) is 13.8 Å². The lowest BCUT2D eigenvalue weighted by Gasteiger charge is -2.05. The molecule has 0 saturated carbocycles. The van der Waals surface area contributed by atoms with E-state index in [9.17, 15) is 13.2 Å². The van der Waals surface area contributed by atoms with E-state index in [0.29, 0.717) is 21.9 Å². The first-order valence-corrected chi connectivity index (χ1v) is 7.47. The van der Waals surface area contributed by atoms with E-state index in [4.69, 9.17) is 5.84 Å². The van der Waals surface area contributed by atoms with Crippen LogP contribution in [-0.4, -0.2) is 29.2 Å². The Labute approximate surface area is 132 Å². The summed E-state index contributed by atoms with van der Waals surface area (Å²) in [6.45, 7) is 3.79. The number of nitrogens with two attached hydrogens (primary N) is 1. The maximum atomic E-state index is 12.6. The molecule has 3 heterocycles. The molecule has 0 aromatic carbocycles. The highest BCUT2D eigenvalue weighted by atomic mass is 32.2. The van der Waals surface area contributed by atoms with Crippen molar-refractivity contribution in [1.29, 1.82) is 0 Å². The van der Waals surface area contributed by atoms with Gasteiger partial charge in [-0.2, -0.15) is 13.2 Å². The molecule has 0 aliphatic heterocycles. The van der Waals surface area contributed by atoms with Crippen molar-refractivity contribution >= 4 is 17.5 Å². The molecule has 3 rings (SSSR count). The second-order valence-corrected chi connectivity index (χ2v) is 5.85. The third-order valence-electron chi connectivity index (χ3n) is 3.08. The minimum atomic E-state index is -4.64. The molecular formula is C12H12F3N7S. The quantitative estimate of drug-likeness (QED) is 0.578. The molecule has 3 aromatic rings. The Bertz CT molecular complexity index is 868. The van der Waals surface area contributed by atoms with Gasteiger partial charge in [0, 0.05) is 23.3 Å². The highest BCUT2D eigenvalue weighted by Crippen LogP contribution is 2.29. The molecule has 23 heavy (non-hydrogen) atoms. The van der Waals surface area contributed by atoms with Crippen molar-refractivity contribution in [2.24, 2.45) is 0 Å². The zero-order chi connectivity index (χ0) is 16.8. The number of hydrogen-bond donors (Lipinski definition) is 1. The summed E-state index contributed by atoms with van der Waals surface area (Å²) in [5, 5.41) is 6.50. The van der Waals surface area contributed by atoms with Crippen LogP contribution in [0.2, 0.25) is 0 Å². The van der Waals surface area contributed by atoms with Crippen LogP contribution in [0.3, 0.4) is 0 Å². The topological polar surface area (TPSA) is 86.9 Å². The number of imidazole rings is 1. The van der Waals surface area contributed by atoms with Gasteiger partial charge in [-0.25, -0.2) is 14.6 Å². The highest BCUT2D eigenvalue weighted by Gasteiger charge is 2.38. The van der Waals surface area contributed by atoms with Crippen molar-refractivity contribution in [2.45, 2.75) is 30.9 Å². The van der Waals surface area contributed by atoms with Gasteiger partial charge in [-0.15, -0.1) is 10.2 Å². The summed E-state index contributed by atoms with van der Waals surface area (Å²) < 4.78 is 40.1. The first-order valence-electron chi connectivity index (χ1n) is 6.48. The first kappa shape index (κ1) is 15.6. The summed E-state index contributed by atoms with van der Waals surface area (Å²) in [6.07, 6.45) is -2.85. The van der Waals surface area contributed by atoms with Gasteiger partial charge in [-0.3, -0.25) is 4.40 Å². The number of hydrogen-bond acceptors (Lipinski definition) is 6. The number of halogens is 3. The normalized spacial score (nSPS) is 12.2. The first-order chi connectivity index (χ1) is 10.8. The van der Waals surface area contributed by atoms with Gasteiger partial charge in [0.25, 0.3) is 5.82 Å². The fourth-order valence-electron chi connectivity index (χ4n) is 2.10. The van der Waals surface area contributed by atoms with Crippen molar-refractivity contribution < 1.29 is 13.2 Å². The molecule has 0 fully saturated rings. The third kappa shape index (κ3) is 2.96. The maximum Gasteiger partial charge on any atom is 0.453 e. The predicted molar refractivity (Wildman–Crippen MR) is 77.2 cm³/mol. The van der Waals surface area contributed by atoms with E-state index >= 15 is 0 Å². The van der Waals surface area contributed by atoms with Gasteiger partial charge in [0.05, 0.1) is 5.69 Å². The average molecular weight is 343 g/mol. The van der Waals surface area contributed by atoms with Crippen LogP contribution in [0.1, 0.15) is 22.9 Å². The Morgan fingerprint density at radius 1 is 1.22 bits per heavy atom. The van der Waals surface area contributed by atoms with Gasteiger partial charge in [0.1, 0.15) is 0 Å². The number of rotatable bonds is 3. The Balaban J connectivity index is 1.81. The van der Waals surface area contributed by atoms with Crippen LogP contribution in [0.4, 0.5) is 13.2 Å². The van der Waals surface area contributed by atoms with Crippen molar-refractivity contribution in [2.75, 3.05) is 5.84 Å². The standard InChI is InChI=1S/C12H12F3N7S/c1-6-3-7(2)21-4-8(18-10(21)17-6)5-23-11-20-19-9(22(11)16)12(13,14)15/h3-4H,5,16H2,1-2H3. The minimum absolute atomic E-state index is 0.0322. The summed E-state index contributed by atoms with van der Waals surface area (Å²) in [7, 11) is 0. The molecule has 0 spiro atoms. The molecule has 11 heteroatoms. The van der Waals surface area contributed by atoms with Crippen molar-refractivity contribution in [1.82, 2.24) is 29.2 Å². The Morgan fingerprint density at radius 2 is 1.96 bits per heavy atom. The number of thioether (sulfide) groups is 1. The smallest absolute Gasteiger partial charge is 0.335 e. The van der Waals surface area contributed by atoms with Crippen molar-refractivity contribution in [3.05, 3.63) is 35.2 Å². The van der Waals surface area contributed by atoms with Crippen molar-refractivity contribution in [3.8, 4) is 0 Å². The van der Waals surface area contributed by atoms with Gasteiger partial charge < -0.3 is 5.84 Å². The van der Waals surface area contributed by atoms with Crippen LogP contribution in [-0.2, 0) is 11.9 Å². The summed E-state index contributed by atoms with van der Waals surface area (Å²) >= 11 is 1.02. The predicted octanol–water partition coefficient (Wildman–Crippen LogP) is 1.96. The van der Waals surface area contributed by atoms with Gasteiger partial charge in [-0.1, -0.05) is 11.8 Å². The van der Waals surface area contributed by atoms with Crippen LogP contribution < -0.4 is 5.84 Å². The van der Waals surface area contributed by atoms with E-state index in [1.54, 1.807) is 6.20 Å². The molecule has 0 bridgehead atoms. The SMILES string of the molecule is Cc1cc(C)n2cc(CSc3nnc(C(F)(F)F)n3N)nc2n1. The zero-order valence-electron chi connectivity index (χ0n) is 12.2. The molecule has 0 unspecified atom stereocenters. The molecule has 2 N–H and O–H groups in total. The highest BCUT2D eigenvalue weighted by molar-refractivity contribution is 7.98. The maximum absolute atomic E-state index is 12.6. The second-order valence-electron chi connectivity index (χ2n) is 4.90. The Morgan fingerprint density at radius 3 is 2.61 bits per heavy atom. The third-order valence-corrected chi connectivity index (χ3v) is 4.06. The molecule has 7 nitrogen and oxygen atoms in total. The molecule has 0 saturated heterocycles. The second kappa shape index (κ2) is 5.41. The molecule has 0 aliphatic rings. The number of fused-ring (bicyclic) bond motifs is 1. The lowest BCUT2D eigenvalue weighted by atomic mass is 10.3. The fourth-order valence-corrected chi connectivity index (χ4v) is 2.84. The molecule has 0 aliphatic carbocycles. The minimum Gasteiger partial charge on any atom is -0.335 e. The summed E-state index contributed by atoms with van der Waals surface area (Å²) in [4.78, 5) is 8.65. The number of nitrogens with zero attached hydrogens (tertiary/aromatic N) is 6. The van der Waals surface area contributed by atoms with E-state index < -0.39 is 12.0 Å². The van der Waals surface area contributed by atoms with Crippen LogP contribution in [0.15, 0.2) is 17.4 Å². The lowest BCUT2D eigenvalue weighted by molar-refractivity contribution is -0.146. The number of aryl methyl sites for hydroxylation is 2. The zero-order valence-corrected chi connectivity index (χ0v) is 13.0. The molecule has 0 amide bonds. The van der Waals surface area contributed by atoms with Gasteiger partial charge in [0.15, 0.2) is 0 Å². The van der Waals surface area contributed by atoms with Crippen LogP contribution >= 0.6 is 11.8 Å². The molecule has 122 valence electrons. The molecule has 3 aromatic heterocycles. The van der Waals surface area contributed by atoms with Gasteiger partial charge in [-0.05, 0) is 19.9 Å². The van der Waals surface area contributed by atoms with Crippen LogP contribution in [0.25, 0.3) is 5.78 Å². The van der Waals surface area contributed by atoms with Crippen molar-refractivity contribution in [3.63, 3.8) is 0 Å². The summed E-state index contributed by atoms with van der Waals surface area (Å²) in [5.74, 6) is 5.00. The lowest BCUT2D eigenvalue weighted by Crippen LogP contribution is -2.21. The Hall–Kier alpha value is -2.30. The Kier molecular flexibility index (Phi) is 3.66. The van der Waals surface area contributed by atoms with E-state index in [2.05, 4.69) is 20.2 Å². The number of nitrogen functional groups attached to an aromatic ring is 1. The van der Waals surface area contributed by atoms with Crippen LogP contribution in [0.5, 0.6) is 0 Å². The molecule has 0 radical (unpaired) electrons. The van der Waals surface area contributed by atoms with E-state index in [1.165, 1.54) is 0 Å². The van der Waals surface area contributed by atoms with E-state index in [-0.39, 0.29) is 5.16 Å². The number of aromatic nitrogens is 6. The summed E-state index contributed by atoms with van der Waals surface area (Å²) in [6, 6.07) is 1.91. The van der Waals surface area contributed by atoms with E-state index in [0.717, 1.165) is 23.1 Å². The fraction of sp³-hybridized carbons (Fsp3) is 0.333. The monoisotopic (exact) mass is 343 g/mol. The summed E-state index contributed by atoms with van der Waals surface area (Å²) in [5.41, 5.74) is 2.47. The molecular weight excluding hydrogens is 331 g/mol. The molecule has 0 atom stereocenters.